The van der Waals surface area contributed by atoms with Crippen LogP contribution in [-0.2, 0) is 0 Å². The van der Waals surface area contributed by atoms with Gasteiger partial charge in [-0.3, -0.25) is 4.79 Å². The van der Waals surface area contributed by atoms with Gasteiger partial charge >= 0.3 is 5.97 Å². The van der Waals surface area contributed by atoms with Gasteiger partial charge < -0.3 is 24.5 Å². The van der Waals surface area contributed by atoms with Crippen molar-refractivity contribution in [2.24, 2.45) is 0 Å². The Morgan fingerprint density at radius 1 is 1.15 bits per heavy atom. The monoisotopic (exact) mass is 390 g/mol. The summed E-state index contributed by atoms with van der Waals surface area (Å²) in [5.41, 5.74) is 0.327. The smallest absolute Gasteiger partial charge is 0.335 e. The van der Waals surface area contributed by atoms with Crippen LogP contribution >= 0.6 is 11.8 Å². The zero-order chi connectivity index (χ0) is 19.4. The quantitative estimate of drug-likeness (QED) is 0.395. The predicted octanol–water partition coefficient (Wildman–Crippen LogP) is 2.11. The van der Waals surface area contributed by atoms with E-state index >= 15 is 0 Å². The third-order valence-electron chi connectivity index (χ3n) is 3.87. The van der Waals surface area contributed by atoms with Gasteiger partial charge in [0.05, 0.1) is 29.0 Å². The maximum Gasteiger partial charge on any atom is 0.335 e. The minimum atomic E-state index is -1.12. The van der Waals surface area contributed by atoms with Crippen molar-refractivity contribution in [3.8, 4) is 5.75 Å². The number of carboxylic acid groups (broad SMARTS) is 1. The topological polar surface area (TPSA) is 117 Å². The fraction of sp³-hybridized carbons (Fsp3) is 0.263. The number of carboxylic acids is 1. The Labute approximate surface area is 158 Å². The highest BCUT2D eigenvalue weighted by molar-refractivity contribution is 7.99. The summed E-state index contributed by atoms with van der Waals surface area (Å²) in [6.07, 6.45) is -0.705. The first-order valence-corrected chi connectivity index (χ1v) is 9.38. The molecule has 0 radical (unpaired) electrons. The lowest BCUT2D eigenvalue weighted by Gasteiger charge is -2.12. The molecule has 0 spiro atoms. The predicted molar refractivity (Wildman–Crippen MR) is 103 cm³/mol. The van der Waals surface area contributed by atoms with Gasteiger partial charge in [0.2, 0.25) is 5.43 Å². The molecule has 1 atom stereocenters. The summed E-state index contributed by atoms with van der Waals surface area (Å²) in [6.45, 7) is 0.0995. The molecule has 8 heteroatoms. The Hall–Kier alpha value is -2.55. The first-order chi connectivity index (χ1) is 13.0. The van der Waals surface area contributed by atoms with Gasteiger partial charge in [0.1, 0.15) is 23.5 Å². The van der Waals surface area contributed by atoms with Crippen molar-refractivity contribution >= 4 is 39.7 Å². The fourth-order valence-corrected chi connectivity index (χ4v) is 3.25. The van der Waals surface area contributed by atoms with E-state index in [0.29, 0.717) is 28.4 Å². The van der Waals surface area contributed by atoms with Crippen LogP contribution in [-0.4, -0.2) is 52.1 Å². The van der Waals surface area contributed by atoms with Gasteiger partial charge in [-0.1, -0.05) is 0 Å². The van der Waals surface area contributed by atoms with E-state index in [1.165, 1.54) is 36.0 Å². The van der Waals surface area contributed by atoms with E-state index in [2.05, 4.69) is 0 Å². The molecule has 0 saturated carbocycles. The molecule has 1 heterocycles. The van der Waals surface area contributed by atoms with Gasteiger partial charge in [0.15, 0.2) is 0 Å². The molecule has 1 aromatic heterocycles. The minimum Gasteiger partial charge on any atom is -0.491 e. The number of thioether (sulfide) groups is 1. The van der Waals surface area contributed by atoms with Crippen molar-refractivity contribution in [1.82, 2.24) is 0 Å². The van der Waals surface area contributed by atoms with Crippen LogP contribution in [0.3, 0.4) is 0 Å². The van der Waals surface area contributed by atoms with Gasteiger partial charge in [0, 0.05) is 11.5 Å². The second-order valence-electron chi connectivity index (χ2n) is 5.87. The molecule has 0 aliphatic carbocycles. The second-order valence-corrected chi connectivity index (χ2v) is 7.02. The van der Waals surface area contributed by atoms with Crippen molar-refractivity contribution in [3.05, 3.63) is 52.2 Å². The summed E-state index contributed by atoms with van der Waals surface area (Å²) < 4.78 is 11.2. The Morgan fingerprint density at radius 2 is 1.85 bits per heavy atom. The molecule has 3 N–H and O–H groups in total. The van der Waals surface area contributed by atoms with Crippen LogP contribution in [0.5, 0.6) is 5.75 Å². The lowest BCUT2D eigenvalue weighted by molar-refractivity contribution is 0.0697. The van der Waals surface area contributed by atoms with Gasteiger partial charge in [0.25, 0.3) is 0 Å². The summed E-state index contributed by atoms with van der Waals surface area (Å²) in [7, 11) is 0. The number of fused-ring (bicyclic) bond motifs is 2. The molecule has 0 aliphatic rings. The normalized spacial score (nSPS) is 12.4. The molecule has 3 aromatic rings. The lowest BCUT2D eigenvalue weighted by atomic mass is 10.1. The van der Waals surface area contributed by atoms with Crippen LogP contribution in [0.4, 0.5) is 0 Å². The summed E-state index contributed by atoms with van der Waals surface area (Å²) in [5, 5.41) is 28.1. The van der Waals surface area contributed by atoms with Gasteiger partial charge in [-0.05, 0) is 36.4 Å². The molecule has 27 heavy (non-hydrogen) atoms. The number of aromatic carboxylic acids is 1. The SMILES string of the molecule is O=C(O)c1ccc2oc3ccc(OCC(O)CSCCO)cc3c(=O)c2c1. The molecule has 0 bridgehead atoms. The van der Waals surface area contributed by atoms with Crippen LogP contribution in [0.1, 0.15) is 10.4 Å². The molecule has 0 amide bonds. The molecular weight excluding hydrogens is 372 g/mol. The molecule has 0 saturated heterocycles. The van der Waals surface area contributed by atoms with Crippen molar-refractivity contribution < 1.29 is 29.3 Å². The van der Waals surface area contributed by atoms with Crippen molar-refractivity contribution in [1.29, 1.82) is 0 Å². The standard InChI is InChI=1S/C19H18O7S/c20-5-6-27-10-12(21)9-25-13-2-4-17-15(8-13)18(22)14-7-11(19(23)24)1-3-16(14)26-17/h1-4,7-8,12,20-21H,5-6,9-10H2,(H,23,24). The van der Waals surface area contributed by atoms with E-state index in [0.717, 1.165) is 0 Å². The van der Waals surface area contributed by atoms with Crippen LogP contribution in [0.15, 0.2) is 45.6 Å². The van der Waals surface area contributed by atoms with E-state index in [1.54, 1.807) is 12.1 Å². The van der Waals surface area contributed by atoms with Crippen LogP contribution in [0, 0.1) is 0 Å². The summed E-state index contributed by atoms with van der Waals surface area (Å²) in [5.74, 6) is 0.245. The summed E-state index contributed by atoms with van der Waals surface area (Å²) in [4.78, 5) is 23.9. The van der Waals surface area contributed by atoms with Crippen LogP contribution < -0.4 is 10.2 Å². The Kier molecular flexibility index (Phi) is 6.00. The maximum atomic E-state index is 12.7. The zero-order valence-corrected chi connectivity index (χ0v) is 15.1. The number of carbonyl (C=O) groups is 1. The maximum absolute atomic E-state index is 12.7. The van der Waals surface area contributed by atoms with E-state index in [4.69, 9.17) is 19.4 Å². The lowest BCUT2D eigenvalue weighted by Crippen LogP contribution is -2.20. The molecule has 0 aliphatic heterocycles. The second kappa shape index (κ2) is 8.43. The van der Waals surface area contributed by atoms with Gasteiger partial charge in [-0.2, -0.15) is 11.8 Å². The van der Waals surface area contributed by atoms with Crippen LogP contribution in [0.2, 0.25) is 0 Å². The molecular formula is C19H18O7S. The van der Waals surface area contributed by atoms with Gasteiger partial charge in [-0.25, -0.2) is 4.79 Å². The third kappa shape index (κ3) is 4.41. The number of aliphatic hydroxyl groups excluding tert-OH is 2. The van der Waals surface area contributed by atoms with Crippen LogP contribution in [0.25, 0.3) is 21.9 Å². The Balaban J connectivity index is 1.87. The highest BCUT2D eigenvalue weighted by Crippen LogP contribution is 2.23. The number of hydrogen-bond acceptors (Lipinski definition) is 7. The number of aliphatic hydroxyl groups is 2. The number of benzene rings is 2. The van der Waals surface area contributed by atoms with E-state index < -0.39 is 12.1 Å². The molecule has 1 unspecified atom stereocenters. The van der Waals surface area contributed by atoms with E-state index in [-0.39, 0.29) is 35.0 Å². The average Bonchev–Trinajstić information content (AvgIpc) is 2.66. The fourth-order valence-electron chi connectivity index (χ4n) is 2.58. The number of hydrogen-bond donors (Lipinski definition) is 3. The van der Waals surface area contributed by atoms with Gasteiger partial charge in [-0.15, -0.1) is 0 Å². The van der Waals surface area contributed by atoms with Crippen molar-refractivity contribution in [2.75, 3.05) is 24.7 Å². The highest BCUT2D eigenvalue weighted by atomic mass is 32.2. The van der Waals surface area contributed by atoms with Crippen molar-refractivity contribution in [3.63, 3.8) is 0 Å². The Bertz CT molecular complexity index is 1030. The van der Waals surface area contributed by atoms with E-state index in [1.807, 2.05) is 0 Å². The zero-order valence-electron chi connectivity index (χ0n) is 14.3. The third-order valence-corrected chi connectivity index (χ3v) is 4.97. The summed E-state index contributed by atoms with van der Waals surface area (Å²) in [6, 6.07) is 8.89. The first kappa shape index (κ1) is 19.2. The minimum absolute atomic E-state index is 0.00468. The Morgan fingerprint density at radius 3 is 2.56 bits per heavy atom. The first-order valence-electron chi connectivity index (χ1n) is 8.23. The van der Waals surface area contributed by atoms with E-state index in [9.17, 15) is 14.7 Å². The number of ether oxygens (including phenoxy) is 1. The molecule has 0 fully saturated rings. The molecule has 3 rings (SSSR count). The average molecular weight is 390 g/mol. The molecule has 2 aromatic carbocycles. The summed E-state index contributed by atoms with van der Waals surface area (Å²) >= 11 is 1.41. The largest absolute Gasteiger partial charge is 0.491 e. The number of rotatable bonds is 8. The molecule has 7 nitrogen and oxygen atoms in total. The molecule has 142 valence electrons. The van der Waals surface area contributed by atoms with Crippen molar-refractivity contribution in [2.45, 2.75) is 6.10 Å². The highest BCUT2D eigenvalue weighted by Gasteiger charge is 2.12.